The van der Waals surface area contributed by atoms with Crippen molar-refractivity contribution in [1.82, 2.24) is 4.42 Å². The molecule has 0 saturated heterocycles. The van der Waals surface area contributed by atoms with Crippen molar-refractivity contribution in [2.24, 2.45) is 5.41 Å². The van der Waals surface area contributed by atoms with Crippen LogP contribution in [0, 0.1) is 5.41 Å². The number of ketones is 1. The number of ether oxygens (including phenoxy) is 1. The number of halogens is 1. The third-order valence-electron chi connectivity index (χ3n) is 4.33. The van der Waals surface area contributed by atoms with Gasteiger partial charge in [0.15, 0.2) is 0 Å². The molecule has 0 N–H and O–H groups in total. The molecule has 0 heterocycles. The first-order valence-corrected chi connectivity index (χ1v) is 8.26. The highest BCUT2D eigenvalue weighted by Crippen LogP contribution is 2.41. The van der Waals surface area contributed by atoms with Gasteiger partial charge in [-0.1, -0.05) is 51.0 Å². The van der Waals surface area contributed by atoms with E-state index in [2.05, 4.69) is 19.9 Å². The van der Waals surface area contributed by atoms with E-state index in [4.69, 9.17) is 16.5 Å². The lowest BCUT2D eigenvalue weighted by molar-refractivity contribution is -0.127. The summed E-state index contributed by atoms with van der Waals surface area (Å²) >= 11 is 6.50. The van der Waals surface area contributed by atoms with Gasteiger partial charge in [0.05, 0.1) is 11.5 Å². The van der Waals surface area contributed by atoms with E-state index in [1.165, 1.54) is 5.57 Å². The molecule has 0 spiro atoms. The number of carbonyl (C=O) groups excluding carboxylic acids is 1. The zero-order valence-electron chi connectivity index (χ0n) is 13.7. The average molecular weight is 314 g/mol. The van der Waals surface area contributed by atoms with Crippen molar-refractivity contribution in [3.63, 3.8) is 0 Å². The first kappa shape index (κ1) is 18.4. The van der Waals surface area contributed by atoms with E-state index in [-0.39, 0.29) is 11.8 Å². The zero-order chi connectivity index (χ0) is 15.9. The normalized spacial score (nSPS) is 25.2. The Kier molecular flexibility index (Phi) is 7.64. The molecule has 2 unspecified atom stereocenters. The fourth-order valence-electron chi connectivity index (χ4n) is 2.94. The molecular weight excluding hydrogens is 286 g/mol. The smallest absolute Gasteiger partial charge is 0.141 e. The van der Waals surface area contributed by atoms with E-state index >= 15 is 0 Å². The molecule has 1 rings (SSSR count). The van der Waals surface area contributed by atoms with Crippen LogP contribution in [0.5, 0.6) is 0 Å². The van der Waals surface area contributed by atoms with Crippen molar-refractivity contribution < 1.29 is 9.53 Å². The highest BCUT2D eigenvalue weighted by Gasteiger charge is 2.45. The Bertz CT molecular complexity index is 406. The summed E-state index contributed by atoms with van der Waals surface area (Å²) < 4.78 is 7.30. The van der Waals surface area contributed by atoms with Crippen molar-refractivity contribution in [2.75, 3.05) is 13.3 Å². The minimum Gasteiger partial charge on any atom is -0.365 e. The molecule has 0 saturated carbocycles. The topological polar surface area (TPSA) is 29.5 Å². The number of hydrogen-bond acceptors (Lipinski definition) is 3. The van der Waals surface area contributed by atoms with Crippen molar-refractivity contribution in [3.8, 4) is 0 Å². The lowest BCUT2D eigenvalue weighted by Crippen LogP contribution is -2.49. The van der Waals surface area contributed by atoms with Crippen molar-refractivity contribution in [2.45, 2.75) is 59.4 Å². The fraction of sp³-hybridized carbons (Fsp3) is 0.706. The van der Waals surface area contributed by atoms with E-state index in [0.29, 0.717) is 13.3 Å². The SMILES string of the molecule is CCCCOCN(Cl)C1C(CC)=CC=CC1(CC)C(C)=O. The van der Waals surface area contributed by atoms with Crippen molar-refractivity contribution in [3.05, 3.63) is 23.8 Å². The molecule has 2 atom stereocenters. The van der Waals surface area contributed by atoms with E-state index in [1.807, 2.05) is 19.1 Å². The highest BCUT2D eigenvalue weighted by atomic mass is 35.5. The fourth-order valence-corrected chi connectivity index (χ4v) is 3.31. The Labute approximate surface area is 134 Å². The standard InChI is InChI=1S/C17H28ClNO2/c1-5-8-12-21-13-19(18)16-15(6-2)10-9-11-17(16,7-3)14(4)20/h9-11,16H,5-8,12-13H2,1-4H3. The van der Waals surface area contributed by atoms with Gasteiger partial charge < -0.3 is 4.74 Å². The number of unbranched alkanes of at least 4 members (excludes halogenated alkanes) is 1. The van der Waals surface area contributed by atoms with Gasteiger partial charge in [-0.05, 0) is 38.0 Å². The Morgan fingerprint density at radius 1 is 1.43 bits per heavy atom. The van der Waals surface area contributed by atoms with E-state index < -0.39 is 5.41 Å². The molecule has 4 heteroatoms. The second-order valence-electron chi connectivity index (χ2n) is 5.60. The van der Waals surface area contributed by atoms with Gasteiger partial charge in [0.1, 0.15) is 12.5 Å². The Hall–Kier alpha value is -0.640. The molecule has 0 amide bonds. The maximum atomic E-state index is 12.3. The van der Waals surface area contributed by atoms with Crippen LogP contribution in [0.15, 0.2) is 23.8 Å². The Balaban J connectivity index is 2.92. The summed E-state index contributed by atoms with van der Waals surface area (Å²) in [5.41, 5.74) is 0.638. The molecule has 0 aromatic rings. The van der Waals surface area contributed by atoms with Gasteiger partial charge in [0, 0.05) is 6.61 Å². The number of nitrogens with zero attached hydrogens (tertiary/aromatic N) is 1. The summed E-state index contributed by atoms with van der Waals surface area (Å²) in [6.45, 7) is 8.96. The van der Waals surface area contributed by atoms with Crippen molar-refractivity contribution in [1.29, 1.82) is 0 Å². The molecule has 21 heavy (non-hydrogen) atoms. The molecule has 1 aliphatic rings. The predicted octanol–water partition coefficient (Wildman–Crippen LogP) is 4.48. The molecule has 1 aliphatic carbocycles. The lowest BCUT2D eigenvalue weighted by Gasteiger charge is -2.42. The third-order valence-corrected chi connectivity index (χ3v) is 4.62. The predicted molar refractivity (Wildman–Crippen MR) is 88.1 cm³/mol. The minimum atomic E-state index is -0.546. The number of rotatable bonds is 9. The zero-order valence-corrected chi connectivity index (χ0v) is 14.4. The number of hydrogen-bond donors (Lipinski definition) is 0. The second kappa shape index (κ2) is 8.72. The lowest BCUT2D eigenvalue weighted by atomic mass is 9.69. The van der Waals surface area contributed by atoms with E-state index in [1.54, 1.807) is 11.3 Å². The third kappa shape index (κ3) is 4.18. The Morgan fingerprint density at radius 3 is 2.67 bits per heavy atom. The van der Waals surface area contributed by atoms with Crippen LogP contribution in [-0.4, -0.2) is 29.6 Å². The summed E-state index contributed by atoms with van der Waals surface area (Å²) in [5.74, 6) is 0.157. The number of allylic oxidation sites excluding steroid dienone is 2. The van der Waals surface area contributed by atoms with Gasteiger partial charge >= 0.3 is 0 Å². The molecule has 0 radical (unpaired) electrons. The molecule has 0 aliphatic heterocycles. The molecule has 3 nitrogen and oxygen atoms in total. The van der Waals surface area contributed by atoms with Gasteiger partial charge in [0.25, 0.3) is 0 Å². The van der Waals surface area contributed by atoms with Gasteiger partial charge in [0.2, 0.25) is 0 Å². The molecule has 0 fully saturated rings. The summed E-state index contributed by atoms with van der Waals surface area (Å²) in [5, 5.41) is 0. The van der Waals surface area contributed by atoms with Crippen molar-refractivity contribution >= 4 is 17.6 Å². The first-order valence-electron chi connectivity index (χ1n) is 7.92. The summed E-state index contributed by atoms with van der Waals surface area (Å²) in [6, 6.07) is -0.127. The molecule has 0 bridgehead atoms. The maximum Gasteiger partial charge on any atom is 0.141 e. The highest BCUT2D eigenvalue weighted by molar-refractivity contribution is 6.14. The Morgan fingerprint density at radius 2 is 2.14 bits per heavy atom. The minimum absolute atomic E-state index is 0.127. The molecule has 120 valence electrons. The van der Waals surface area contributed by atoms with E-state index in [0.717, 1.165) is 25.7 Å². The maximum absolute atomic E-state index is 12.3. The number of carbonyl (C=O) groups is 1. The molecular formula is C17H28ClNO2. The number of Topliss-reactive ketones (excluding diaryl/α,β-unsaturated/α-hetero) is 1. The van der Waals surface area contributed by atoms with E-state index in [9.17, 15) is 4.79 Å². The van der Waals surface area contributed by atoms with Crippen LogP contribution in [-0.2, 0) is 9.53 Å². The van der Waals surface area contributed by atoms with Crippen LogP contribution in [0.1, 0.15) is 53.4 Å². The van der Waals surface area contributed by atoms with Gasteiger partial charge in [-0.2, -0.15) is 4.42 Å². The van der Waals surface area contributed by atoms with Crippen LogP contribution in [0.25, 0.3) is 0 Å². The first-order chi connectivity index (χ1) is 10.0. The van der Waals surface area contributed by atoms with Crippen LogP contribution >= 0.6 is 11.8 Å². The van der Waals surface area contributed by atoms with Crippen LogP contribution in [0.4, 0.5) is 0 Å². The van der Waals surface area contributed by atoms with Gasteiger partial charge in [-0.25, -0.2) is 0 Å². The summed E-state index contributed by atoms with van der Waals surface area (Å²) in [6.07, 6.45) is 9.80. The van der Waals surface area contributed by atoms with Gasteiger partial charge in [-0.3, -0.25) is 4.79 Å². The largest absolute Gasteiger partial charge is 0.365 e. The summed E-state index contributed by atoms with van der Waals surface area (Å²) in [4.78, 5) is 12.3. The molecule has 0 aromatic carbocycles. The second-order valence-corrected chi connectivity index (χ2v) is 6.03. The van der Waals surface area contributed by atoms with Gasteiger partial charge in [-0.15, -0.1) is 0 Å². The quantitative estimate of drug-likeness (QED) is 0.357. The monoisotopic (exact) mass is 313 g/mol. The average Bonchev–Trinajstić information content (AvgIpc) is 2.50. The summed E-state index contributed by atoms with van der Waals surface area (Å²) in [7, 11) is 0. The molecule has 0 aromatic heterocycles. The van der Waals surface area contributed by atoms with Crippen LogP contribution in [0.3, 0.4) is 0 Å². The van der Waals surface area contributed by atoms with Crippen LogP contribution < -0.4 is 0 Å². The van der Waals surface area contributed by atoms with Crippen LogP contribution in [0.2, 0.25) is 0 Å².